The highest BCUT2D eigenvalue weighted by molar-refractivity contribution is 7.98. The Morgan fingerprint density at radius 3 is 2.20 bits per heavy atom. The lowest BCUT2D eigenvalue weighted by atomic mass is 10.0. The van der Waals surface area contributed by atoms with Gasteiger partial charge in [0, 0.05) is 5.75 Å². The molecule has 0 N–H and O–H groups in total. The number of rotatable bonds is 7. The summed E-state index contributed by atoms with van der Waals surface area (Å²) >= 11 is 1.37. The van der Waals surface area contributed by atoms with E-state index in [1.54, 1.807) is 24.3 Å². The predicted molar refractivity (Wildman–Crippen MR) is 82.7 cm³/mol. The zero-order chi connectivity index (χ0) is 14.5. The van der Waals surface area contributed by atoms with Gasteiger partial charge in [-0.25, -0.2) is 4.31 Å². The maximum Gasteiger partial charge on any atom is 0.271 e. The standard InChI is InChI=1S/C16H21NO2S/c1-3-5-8-12(4-2)11-20-17-15(18)13-9-6-7-10-14(13)16(17)19/h6-7,9-10,12H,3-5,8,11H2,1-2H3. The number of carbonyl (C=O) groups excluding carboxylic acids is 2. The molecule has 108 valence electrons. The molecule has 1 atom stereocenters. The van der Waals surface area contributed by atoms with Gasteiger partial charge >= 0.3 is 0 Å². The van der Waals surface area contributed by atoms with Gasteiger partial charge in [-0.2, -0.15) is 0 Å². The second kappa shape index (κ2) is 6.93. The Labute approximate surface area is 124 Å². The maximum absolute atomic E-state index is 12.2. The molecular formula is C16H21NO2S. The van der Waals surface area contributed by atoms with Crippen molar-refractivity contribution in [2.24, 2.45) is 5.92 Å². The van der Waals surface area contributed by atoms with Crippen LogP contribution >= 0.6 is 11.9 Å². The van der Waals surface area contributed by atoms with Crippen LogP contribution in [-0.2, 0) is 0 Å². The third-order valence-corrected chi connectivity index (χ3v) is 4.95. The van der Waals surface area contributed by atoms with E-state index in [4.69, 9.17) is 0 Å². The zero-order valence-corrected chi connectivity index (χ0v) is 12.9. The van der Waals surface area contributed by atoms with Crippen molar-refractivity contribution in [2.45, 2.75) is 39.5 Å². The van der Waals surface area contributed by atoms with Gasteiger partial charge in [0.15, 0.2) is 0 Å². The van der Waals surface area contributed by atoms with E-state index in [-0.39, 0.29) is 11.8 Å². The first-order chi connectivity index (χ1) is 9.69. The van der Waals surface area contributed by atoms with E-state index >= 15 is 0 Å². The van der Waals surface area contributed by atoms with E-state index in [0.29, 0.717) is 17.0 Å². The van der Waals surface area contributed by atoms with Gasteiger partial charge in [0.25, 0.3) is 11.8 Å². The first-order valence-electron chi connectivity index (χ1n) is 7.29. The Morgan fingerprint density at radius 1 is 1.10 bits per heavy atom. The van der Waals surface area contributed by atoms with Crippen molar-refractivity contribution in [3.8, 4) is 0 Å². The van der Waals surface area contributed by atoms with Crippen LogP contribution in [0, 0.1) is 5.92 Å². The molecule has 2 rings (SSSR count). The summed E-state index contributed by atoms with van der Waals surface area (Å²) < 4.78 is 1.33. The summed E-state index contributed by atoms with van der Waals surface area (Å²) in [5, 5.41) is 0. The average Bonchev–Trinajstić information content (AvgIpc) is 2.72. The van der Waals surface area contributed by atoms with Crippen molar-refractivity contribution < 1.29 is 9.59 Å². The van der Waals surface area contributed by atoms with Crippen LogP contribution in [0.25, 0.3) is 0 Å². The second-order valence-corrected chi connectivity index (χ2v) is 6.12. The molecular weight excluding hydrogens is 270 g/mol. The number of carbonyl (C=O) groups is 2. The summed E-state index contributed by atoms with van der Waals surface area (Å²) in [5.74, 6) is 1.08. The van der Waals surface area contributed by atoms with Crippen LogP contribution in [0.5, 0.6) is 0 Å². The molecule has 1 aliphatic rings. The van der Waals surface area contributed by atoms with E-state index in [9.17, 15) is 9.59 Å². The third-order valence-electron chi connectivity index (χ3n) is 3.74. The van der Waals surface area contributed by atoms with Gasteiger partial charge in [-0.05, 0) is 36.4 Å². The Morgan fingerprint density at radius 2 is 1.70 bits per heavy atom. The first-order valence-corrected chi connectivity index (χ1v) is 8.24. The molecule has 20 heavy (non-hydrogen) atoms. The van der Waals surface area contributed by atoms with E-state index in [1.165, 1.54) is 35.5 Å². The van der Waals surface area contributed by atoms with Gasteiger partial charge in [-0.15, -0.1) is 0 Å². The van der Waals surface area contributed by atoms with Crippen molar-refractivity contribution in [3.63, 3.8) is 0 Å². The highest BCUT2D eigenvalue weighted by atomic mass is 32.2. The fourth-order valence-corrected chi connectivity index (χ4v) is 3.56. The smallest absolute Gasteiger partial charge is 0.268 e. The molecule has 0 saturated heterocycles. The SMILES string of the molecule is CCCCC(CC)CSN1C(=O)c2ccccc2C1=O. The summed E-state index contributed by atoms with van der Waals surface area (Å²) in [6, 6.07) is 7.05. The van der Waals surface area contributed by atoms with Crippen LogP contribution in [0.3, 0.4) is 0 Å². The molecule has 1 unspecified atom stereocenters. The zero-order valence-electron chi connectivity index (χ0n) is 12.1. The van der Waals surface area contributed by atoms with Crippen LogP contribution in [0.4, 0.5) is 0 Å². The highest BCUT2D eigenvalue weighted by Crippen LogP contribution is 2.30. The van der Waals surface area contributed by atoms with E-state index < -0.39 is 0 Å². The minimum absolute atomic E-state index is 0.166. The topological polar surface area (TPSA) is 37.4 Å². The highest BCUT2D eigenvalue weighted by Gasteiger charge is 2.35. The number of hydrogen-bond donors (Lipinski definition) is 0. The molecule has 1 heterocycles. The van der Waals surface area contributed by atoms with Crippen LogP contribution in [0.15, 0.2) is 24.3 Å². The third kappa shape index (κ3) is 3.06. The van der Waals surface area contributed by atoms with Gasteiger partial charge in [-0.3, -0.25) is 9.59 Å². The molecule has 0 fully saturated rings. The molecule has 0 aliphatic carbocycles. The summed E-state index contributed by atoms with van der Waals surface area (Å²) in [7, 11) is 0. The Balaban J connectivity index is 1.98. The number of imide groups is 1. The molecule has 1 aliphatic heterocycles. The fourth-order valence-electron chi connectivity index (χ4n) is 2.36. The van der Waals surface area contributed by atoms with Gasteiger partial charge in [-0.1, -0.05) is 45.2 Å². The average molecular weight is 291 g/mol. The van der Waals surface area contributed by atoms with Gasteiger partial charge in [0.2, 0.25) is 0 Å². The molecule has 1 aromatic rings. The number of hydrogen-bond acceptors (Lipinski definition) is 3. The lowest BCUT2D eigenvalue weighted by Crippen LogP contribution is -2.24. The Bertz CT molecular complexity index is 466. The molecule has 0 radical (unpaired) electrons. The van der Waals surface area contributed by atoms with Crippen molar-refractivity contribution in [3.05, 3.63) is 35.4 Å². The second-order valence-electron chi connectivity index (χ2n) is 5.16. The summed E-state index contributed by atoms with van der Waals surface area (Å²) in [6.07, 6.45) is 4.66. The molecule has 0 bridgehead atoms. The van der Waals surface area contributed by atoms with E-state index in [0.717, 1.165) is 12.2 Å². The van der Waals surface area contributed by atoms with Gasteiger partial charge < -0.3 is 0 Å². The number of benzene rings is 1. The van der Waals surface area contributed by atoms with Gasteiger partial charge in [0.05, 0.1) is 11.1 Å². The molecule has 0 saturated carbocycles. The van der Waals surface area contributed by atoms with Crippen LogP contribution in [0.2, 0.25) is 0 Å². The van der Waals surface area contributed by atoms with Crippen LogP contribution in [0.1, 0.15) is 60.2 Å². The minimum atomic E-state index is -0.166. The summed E-state index contributed by atoms with van der Waals surface area (Å²) in [4.78, 5) is 24.4. The molecule has 1 aromatic carbocycles. The fraction of sp³-hybridized carbons (Fsp3) is 0.500. The van der Waals surface area contributed by atoms with Gasteiger partial charge in [0.1, 0.15) is 0 Å². The van der Waals surface area contributed by atoms with E-state index in [1.807, 2.05) is 0 Å². The quantitative estimate of drug-likeness (QED) is 0.559. The van der Waals surface area contributed by atoms with Crippen molar-refractivity contribution in [1.82, 2.24) is 4.31 Å². The minimum Gasteiger partial charge on any atom is -0.268 e. The van der Waals surface area contributed by atoms with Crippen molar-refractivity contribution in [1.29, 1.82) is 0 Å². The normalized spacial score (nSPS) is 15.6. The Hall–Kier alpha value is -1.29. The van der Waals surface area contributed by atoms with Crippen molar-refractivity contribution >= 4 is 23.8 Å². The Kier molecular flexibility index (Phi) is 5.24. The summed E-state index contributed by atoms with van der Waals surface area (Å²) in [6.45, 7) is 4.35. The number of unbranched alkanes of at least 4 members (excludes halogenated alkanes) is 1. The van der Waals surface area contributed by atoms with Crippen LogP contribution < -0.4 is 0 Å². The first kappa shape index (κ1) is 15.1. The molecule has 4 heteroatoms. The number of nitrogens with zero attached hydrogens (tertiary/aromatic N) is 1. The summed E-state index contributed by atoms with van der Waals surface area (Å²) in [5.41, 5.74) is 1.07. The largest absolute Gasteiger partial charge is 0.271 e. The predicted octanol–water partition coefficient (Wildman–Crippen LogP) is 4.15. The monoisotopic (exact) mass is 291 g/mol. The van der Waals surface area contributed by atoms with Crippen LogP contribution in [-0.4, -0.2) is 21.9 Å². The molecule has 0 aromatic heterocycles. The lowest BCUT2D eigenvalue weighted by molar-refractivity contribution is 0.0777. The van der Waals surface area contributed by atoms with E-state index in [2.05, 4.69) is 13.8 Å². The molecule has 3 nitrogen and oxygen atoms in total. The molecule has 2 amide bonds. The van der Waals surface area contributed by atoms with Crippen molar-refractivity contribution in [2.75, 3.05) is 5.75 Å². The maximum atomic E-state index is 12.2. The molecule has 0 spiro atoms. The number of amides is 2. The lowest BCUT2D eigenvalue weighted by Gasteiger charge is -2.17. The number of fused-ring (bicyclic) bond motifs is 1.